The number of ketones is 2. The van der Waals surface area contributed by atoms with Gasteiger partial charge in [0.2, 0.25) is 11.8 Å². The van der Waals surface area contributed by atoms with Crippen LogP contribution < -0.4 is 9.64 Å². The van der Waals surface area contributed by atoms with Crippen molar-refractivity contribution in [2.75, 3.05) is 18.1 Å². The van der Waals surface area contributed by atoms with Crippen LogP contribution in [-0.4, -0.2) is 41.7 Å². The Hall–Kier alpha value is -4.26. The smallest absolute Gasteiger partial charge is 0.416 e. The summed E-state index contributed by atoms with van der Waals surface area (Å²) in [6.07, 6.45) is -8.72. The number of allylic oxidation sites excluding steroid dienone is 4. The number of fused-ring (bicyclic) bond motifs is 4. The lowest BCUT2D eigenvalue weighted by Crippen LogP contribution is -2.55. The maximum absolute atomic E-state index is 14.1. The molecule has 1 saturated heterocycles. The van der Waals surface area contributed by atoms with Gasteiger partial charge in [0.1, 0.15) is 12.4 Å². The van der Waals surface area contributed by atoms with Crippen LogP contribution in [0, 0.1) is 29.1 Å². The van der Waals surface area contributed by atoms with Gasteiger partial charge >= 0.3 is 12.4 Å². The Labute approximate surface area is 271 Å². The van der Waals surface area contributed by atoms with Gasteiger partial charge in [-0.15, -0.1) is 0 Å². The van der Waals surface area contributed by atoms with Gasteiger partial charge in [-0.25, -0.2) is 4.90 Å². The summed E-state index contributed by atoms with van der Waals surface area (Å²) in [5, 5.41) is 9.12. The fraction of sp³-hybridized carbons (Fsp3) is 0.429. The van der Waals surface area contributed by atoms with E-state index in [0.717, 1.165) is 0 Å². The first kappa shape index (κ1) is 33.6. The molecule has 48 heavy (non-hydrogen) atoms. The predicted molar refractivity (Wildman–Crippen MR) is 158 cm³/mol. The average molecular weight is 676 g/mol. The van der Waals surface area contributed by atoms with Gasteiger partial charge < -0.3 is 9.84 Å². The molecule has 1 aliphatic heterocycles. The summed E-state index contributed by atoms with van der Waals surface area (Å²) >= 11 is 0. The van der Waals surface area contributed by atoms with Crippen molar-refractivity contribution >= 4 is 29.1 Å². The fourth-order valence-corrected chi connectivity index (χ4v) is 8.20. The molecular weight excluding hydrogens is 644 g/mol. The van der Waals surface area contributed by atoms with Crippen LogP contribution in [0.1, 0.15) is 56.2 Å². The zero-order chi connectivity index (χ0) is 35.1. The third-order valence-electron chi connectivity index (χ3n) is 10.6. The van der Waals surface area contributed by atoms with Gasteiger partial charge in [-0.1, -0.05) is 30.7 Å². The Balaban J connectivity index is 1.47. The zero-order valence-electron chi connectivity index (χ0n) is 26.0. The number of ether oxygens (including phenoxy) is 1. The minimum atomic E-state index is -5.19. The summed E-state index contributed by atoms with van der Waals surface area (Å²) < 4.78 is 87.7. The van der Waals surface area contributed by atoms with Crippen LogP contribution in [0.2, 0.25) is 0 Å². The van der Waals surface area contributed by atoms with E-state index in [1.54, 1.807) is 51.1 Å². The van der Waals surface area contributed by atoms with Crippen LogP contribution in [0.5, 0.6) is 5.75 Å². The third-order valence-corrected chi connectivity index (χ3v) is 10.6. The van der Waals surface area contributed by atoms with Crippen molar-refractivity contribution in [3.05, 3.63) is 82.0 Å². The lowest BCUT2D eigenvalue weighted by Gasteiger charge is -2.54. The van der Waals surface area contributed by atoms with Crippen LogP contribution >= 0.6 is 0 Å². The Morgan fingerprint density at radius 2 is 1.48 bits per heavy atom. The normalized spacial score (nSPS) is 29.1. The Kier molecular flexibility index (Phi) is 8.00. The number of aliphatic hydroxyl groups is 1. The maximum atomic E-state index is 14.1. The Morgan fingerprint density at radius 3 is 2.04 bits per heavy atom. The average Bonchev–Trinajstić information content (AvgIpc) is 3.29. The number of nitrogens with zero attached hydrogens (tertiary/aromatic N) is 1. The van der Waals surface area contributed by atoms with Gasteiger partial charge in [0, 0.05) is 11.8 Å². The number of alkyl halides is 6. The van der Waals surface area contributed by atoms with Gasteiger partial charge in [0.05, 0.1) is 40.7 Å². The second kappa shape index (κ2) is 11.4. The summed E-state index contributed by atoms with van der Waals surface area (Å²) in [5.41, 5.74) is -3.65. The van der Waals surface area contributed by atoms with Crippen LogP contribution in [-0.2, 0) is 31.5 Å². The molecule has 6 atom stereocenters. The minimum Gasteiger partial charge on any atom is -0.491 e. The number of aliphatic hydroxyl groups excluding tert-OH is 1. The molecule has 2 fully saturated rings. The highest BCUT2D eigenvalue weighted by Gasteiger charge is 2.64. The molecule has 0 unspecified atom stereocenters. The van der Waals surface area contributed by atoms with Crippen LogP contribution in [0.15, 0.2) is 65.3 Å². The third kappa shape index (κ3) is 5.08. The number of amides is 2. The predicted octanol–water partition coefficient (Wildman–Crippen LogP) is 6.45. The highest BCUT2D eigenvalue weighted by atomic mass is 19.4. The highest BCUT2D eigenvalue weighted by molar-refractivity contribution is 6.22. The monoisotopic (exact) mass is 675 g/mol. The number of carbonyl (C=O) groups excluding carboxylic acids is 4. The molecule has 4 aliphatic rings. The quantitative estimate of drug-likeness (QED) is 0.222. The van der Waals surface area contributed by atoms with E-state index in [1.807, 2.05) is 0 Å². The SMILES string of the molecule is CC1=C(C)C(=O)[C@@]2(C)[C@@H](c3ccc(OCCO)cc3)C3=CC[C@@H]4C(=O)N(c5cc(C(F)(F)F)cc(C(F)(F)F)c5)C(=O)[C@@H]4[C@@H]3C[C@H]2C1=O. The van der Waals surface area contributed by atoms with Crippen LogP contribution in [0.25, 0.3) is 0 Å². The molecule has 6 rings (SSSR count). The number of hydrogen-bond acceptors (Lipinski definition) is 6. The summed E-state index contributed by atoms with van der Waals surface area (Å²) in [6.45, 7) is 4.65. The fourth-order valence-electron chi connectivity index (χ4n) is 8.20. The molecule has 2 aromatic rings. The molecule has 0 bridgehead atoms. The van der Waals surface area contributed by atoms with Crippen molar-refractivity contribution < 1.29 is 55.4 Å². The molecule has 13 heteroatoms. The summed E-state index contributed by atoms with van der Waals surface area (Å²) in [5.74, 6) is -6.78. The molecule has 2 amide bonds. The van der Waals surface area contributed by atoms with E-state index < -0.39 is 76.0 Å². The molecule has 3 aliphatic carbocycles. The summed E-state index contributed by atoms with van der Waals surface area (Å²) in [6, 6.07) is 7.35. The Morgan fingerprint density at radius 1 is 0.875 bits per heavy atom. The van der Waals surface area contributed by atoms with E-state index in [4.69, 9.17) is 9.84 Å². The van der Waals surface area contributed by atoms with Gasteiger partial charge in [-0.2, -0.15) is 26.3 Å². The van der Waals surface area contributed by atoms with Crippen LogP contribution in [0.3, 0.4) is 0 Å². The highest BCUT2D eigenvalue weighted by Crippen LogP contribution is 2.63. The van der Waals surface area contributed by atoms with Crippen molar-refractivity contribution in [1.29, 1.82) is 0 Å². The maximum Gasteiger partial charge on any atom is 0.416 e. The Bertz CT molecular complexity index is 1760. The minimum absolute atomic E-state index is 0.0177. The number of hydrogen-bond donors (Lipinski definition) is 1. The van der Waals surface area contributed by atoms with Gasteiger partial charge in [0.25, 0.3) is 0 Å². The molecule has 0 spiro atoms. The first-order chi connectivity index (χ1) is 22.4. The molecule has 7 nitrogen and oxygen atoms in total. The van der Waals surface area contributed by atoms with E-state index in [2.05, 4.69) is 0 Å². The van der Waals surface area contributed by atoms with Crippen molar-refractivity contribution in [1.82, 2.24) is 0 Å². The number of anilines is 1. The molecule has 254 valence electrons. The number of halogens is 6. The van der Waals surface area contributed by atoms with Crippen molar-refractivity contribution in [2.24, 2.45) is 29.1 Å². The lowest BCUT2D eigenvalue weighted by molar-refractivity contribution is -0.143. The second-order valence-corrected chi connectivity index (χ2v) is 13.0. The van der Waals surface area contributed by atoms with Gasteiger partial charge in [-0.3, -0.25) is 19.2 Å². The standard InChI is InChI=1S/C35H31F6NO6/c1-16-17(2)30(45)33(3)26(29(16)44)15-25-23(28(33)18-4-6-22(7-5-18)48-11-10-43)8-9-24-27(25)32(47)42(31(24)46)21-13-19(34(36,37)38)12-20(14-21)35(39,40)41/h4-8,12-14,24-28,43H,9-11,15H2,1-3H3/t24-,25+,26-,27-,28-,33+/m0/s1. The van der Waals surface area contributed by atoms with Crippen molar-refractivity contribution in [3.8, 4) is 5.75 Å². The van der Waals surface area contributed by atoms with Gasteiger partial charge in [-0.05, 0) is 79.6 Å². The summed E-state index contributed by atoms with van der Waals surface area (Å²) in [4.78, 5) is 56.3. The molecular formula is C35H31F6NO6. The van der Waals surface area contributed by atoms with Gasteiger partial charge in [0.15, 0.2) is 11.6 Å². The van der Waals surface area contributed by atoms with E-state index >= 15 is 0 Å². The first-order valence-corrected chi connectivity index (χ1v) is 15.4. The molecule has 1 saturated carbocycles. The number of benzene rings is 2. The molecule has 1 heterocycles. The largest absolute Gasteiger partial charge is 0.491 e. The molecule has 0 radical (unpaired) electrons. The second-order valence-electron chi connectivity index (χ2n) is 13.0. The van der Waals surface area contributed by atoms with E-state index in [0.29, 0.717) is 39.5 Å². The van der Waals surface area contributed by atoms with Crippen molar-refractivity contribution in [2.45, 2.75) is 51.9 Å². The molecule has 1 N–H and O–H groups in total. The first-order valence-electron chi connectivity index (χ1n) is 15.4. The number of imide groups is 1. The van der Waals surface area contributed by atoms with E-state index in [9.17, 15) is 45.5 Å². The molecule has 0 aromatic heterocycles. The van der Waals surface area contributed by atoms with Crippen LogP contribution in [0.4, 0.5) is 32.0 Å². The molecule has 2 aromatic carbocycles. The zero-order valence-corrected chi connectivity index (χ0v) is 26.0. The topological polar surface area (TPSA) is 101 Å². The summed E-state index contributed by atoms with van der Waals surface area (Å²) in [7, 11) is 0. The lowest BCUT2D eigenvalue weighted by atomic mass is 9.46. The van der Waals surface area contributed by atoms with E-state index in [1.165, 1.54) is 0 Å². The van der Waals surface area contributed by atoms with E-state index in [-0.39, 0.29) is 49.3 Å². The number of carbonyl (C=O) groups is 4. The number of Topliss-reactive ketones (excluding diaryl/α,β-unsaturated/α-hetero) is 2. The number of rotatable bonds is 5. The van der Waals surface area contributed by atoms with Crippen molar-refractivity contribution in [3.63, 3.8) is 0 Å².